The minimum atomic E-state index is -3.14. The standard InChI is InChI=1S/C28H30Cl2F2N2O3/c1-5-28(31,32)18-12-16(2)21-14-19(33(3)24(21)13-18)15-22-23(29)7-6-20(25(22)30)26(35)34-10-8-17(9-11-34)27(36)37-4/h5-7,12-14,17,27,36H,1,8-11,15H2,2-4H3. The molecule has 4 rings (SSSR count). The van der Waals surface area contributed by atoms with Crippen LogP contribution in [-0.2, 0) is 24.1 Å². The molecule has 1 aliphatic heterocycles. The highest BCUT2D eigenvalue weighted by Crippen LogP contribution is 2.36. The first kappa shape index (κ1) is 27.6. The Morgan fingerprint density at radius 3 is 2.57 bits per heavy atom. The van der Waals surface area contributed by atoms with Crippen LogP contribution in [0.1, 0.15) is 45.6 Å². The number of allylic oxidation sites excluding steroid dienone is 1. The zero-order valence-electron chi connectivity index (χ0n) is 21.0. The molecule has 1 aliphatic rings. The van der Waals surface area contributed by atoms with Crippen LogP contribution in [0.2, 0.25) is 10.0 Å². The van der Waals surface area contributed by atoms with Gasteiger partial charge in [-0.15, -0.1) is 0 Å². The molecular weight excluding hydrogens is 521 g/mol. The molecule has 0 radical (unpaired) electrons. The number of carbonyl (C=O) groups is 1. The third kappa shape index (κ3) is 5.28. The molecular formula is C28H30Cl2F2N2O3. The van der Waals surface area contributed by atoms with E-state index in [9.17, 15) is 18.7 Å². The predicted molar refractivity (Wildman–Crippen MR) is 143 cm³/mol. The van der Waals surface area contributed by atoms with Gasteiger partial charge in [0, 0.05) is 66.8 Å². The fraction of sp³-hybridized carbons (Fsp3) is 0.393. The number of benzene rings is 2. The molecule has 1 unspecified atom stereocenters. The van der Waals surface area contributed by atoms with E-state index in [2.05, 4.69) is 6.58 Å². The topological polar surface area (TPSA) is 54.7 Å². The fourth-order valence-corrected chi connectivity index (χ4v) is 5.58. The SMILES string of the molecule is C=CC(F)(F)c1cc(C)c2cc(Cc3c(Cl)ccc(C(=O)N4CCC(C(O)OC)CC4)c3Cl)n(C)c2c1. The number of rotatable bonds is 7. The Bertz CT molecular complexity index is 1350. The van der Waals surface area contributed by atoms with Crippen molar-refractivity contribution in [3.05, 3.63) is 81.0 Å². The maximum atomic E-state index is 14.3. The van der Waals surface area contributed by atoms with Gasteiger partial charge in [0.1, 0.15) is 0 Å². The molecule has 2 heterocycles. The van der Waals surface area contributed by atoms with E-state index in [0.717, 1.165) is 16.6 Å². The second-order valence-corrected chi connectivity index (χ2v) is 10.4. The minimum Gasteiger partial charge on any atom is -0.368 e. The Kier molecular flexibility index (Phi) is 8.00. The van der Waals surface area contributed by atoms with Gasteiger partial charge >= 0.3 is 0 Å². The van der Waals surface area contributed by atoms with Crippen LogP contribution >= 0.6 is 23.2 Å². The van der Waals surface area contributed by atoms with E-state index in [1.165, 1.54) is 19.2 Å². The van der Waals surface area contributed by atoms with Crippen molar-refractivity contribution >= 4 is 40.0 Å². The van der Waals surface area contributed by atoms with Crippen molar-refractivity contribution < 1.29 is 23.4 Å². The van der Waals surface area contributed by atoms with Gasteiger partial charge in [0.05, 0.1) is 10.6 Å². The second kappa shape index (κ2) is 10.7. The number of aliphatic hydroxyl groups is 1. The van der Waals surface area contributed by atoms with Gasteiger partial charge in [-0.25, -0.2) is 0 Å². The lowest BCUT2D eigenvalue weighted by Gasteiger charge is -2.34. The van der Waals surface area contributed by atoms with Crippen LogP contribution in [0.25, 0.3) is 10.9 Å². The highest BCUT2D eigenvalue weighted by Gasteiger charge is 2.30. The Balaban J connectivity index is 1.64. The summed E-state index contributed by atoms with van der Waals surface area (Å²) in [5.41, 5.74) is 3.03. The molecule has 3 aromatic rings. The maximum absolute atomic E-state index is 14.3. The average molecular weight is 551 g/mol. The number of ether oxygens (including phenoxy) is 1. The summed E-state index contributed by atoms with van der Waals surface area (Å²) in [5.74, 6) is -3.36. The van der Waals surface area contributed by atoms with E-state index in [0.29, 0.717) is 60.1 Å². The summed E-state index contributed by atoms with van der Waals surface area (Å²) in [7, 11) is 3.27. The molecule has 5 nitrogen and oxygen atoms in total. The summed E-state index contributed by atoms with van der Waals surface area (Å²) in [6, 6.07) is 8.17. The molecule has 2 aromatic carbocycles. The molecule has 1 aromatic heterocycles. The van der Waals surface area contributed by atoms with Crippen molar-refractivity contribution in [1.82, 2.24) is 9.47 Å². The molecule has 1 atom stereocenters. The zero-order chi connectivity index (χ0) is 27.1. The summed E-state index contributed by atoms with van der Waals surface area (Å²) in [5, 5.41) is 11.5. The van der Waals surface area contributed by atoms with E-state index >= 15 is 0 Å². The third-order valence-electron chi connectivity index (χ3n) is 7.36. The number of aliphatic hydroxyl groups excluding tert-OH is 1. The van der Waals surface area contributed by atoms with Gasteiger partial charge in [-0.3, -0.25) is 4.79 Å². The normalized spacial score (nSPS) is 15.8. The number of hydrogen-bond acceptors (Lipinski definition) is 3. The quantitative estimate of drug-likeness (QED) is 0.270. The number of halogens is 4. The molecule has 1 amide bonds. The molecule has 37 heavy (non-hydrogen) atoms. The number of amides is 1. The van der Waals surface area contributed by atoms with Crippen molar-refractivity contribution in [2.24, 2.45) is 13.0 Å². The number of alkyl halides is 2. The van der Waals surface area contributed by atoms with E-state index in [1.807, 2.05) is 17.7 Å². The number of fused-ring (bicyclic) bond motifs is 1. The van der Waals surface area contributed by atoms with Gasteiger partial charge in [0.25, 0.3) is 11.8 Å². The first-order valence-electron chi connectivity index (χ1n) is 12.1. The fourth-order valence-electron chi connectivity index (χ4n) is 5.00. The molecule has 9 heteroatoms. The largest absolute Gasteiger partial charge is 0.368 e. The van der Waals surface area contributed by atoms with Gasteiger partial charge < -0.3 is 19.3 Å². The van der Waals surface area contributed by atoms with Crippen LogP contribution in [-0.4, -0.2) is 47.0 Å². The van der Waals surface area contributed by atoms with E-state index in [4.69, 9.17) is 27.9 Å². The second-order valence-electron chi connectivity index (χ2n) is 9.57. The molecule has 0 spiro atoms. The number of likely N-dealkylation sites (tertiary alicyclic amines) is 1. The Hall–Kier alpha value is -2.45. The number of hydrogen-bond donors (Lipinski definition) is 1. The lowest BCUT2D eigenvalue weighted by molar-refractivity contribution is -0.122. The van der Waals surface area contributed by atoms with Crippen LogP contribution in [0, 0.1) is 12.8 Å². The van der Waals surface area contributed by atoms with Gasteiger partial charge in [-0.1, -0.05) is 29.8 Å². The summed E-state index contributed by atoms with van der Waals surface area (Å²) in [6.07, 6.45) is 1.37. The monoisotopic (exact) mass is 550 g/mol. The van der Waals surface area contributed by atoms with Gasteiger partial charge in [-0.2, -0.15) is 8.78 Å². The van der Waals surface area contributed by atoms with Gasteiger partial charge in [0.2, 0.25) is 0 Å². The first-order valence-corrected chi connectivity index (χ1v) is 12.8. The van der Waals surface area contributed by atoms with Crippen molar-refractivity contribution in [3.63, 3.8) is 0 Å². The molecule has 198 valence electrons. The molecule has 0 aliphatic carbocycles. The molecule has 1 N–H and O–H groups in total. The third-order valence-corrected chi connectivity index (χ3v) is 8.14. The van der Waals surface area contributed by atoms with E-state index in [1.54, 1.807) is 24.0 Å². The number of aromatic nitrogens is 1. The summed E-state index contributed by atoms with van der Waals surface area (Å²) in [4.78, 5) is 15.0. The number of nitrogens with zero attached hydrogens (tertiary/aromatic N) is 2. The van der Waals surface area contributed by atoms with Crippen LogP contribution in [0.3, 0.4) is 0 Å². The van der Waals surface area contributed by atoms with Gasteiger partial charge in [-0.05, 0) is 67.3 Å². The van der Waals surface area contributed by atoms with Crippen molar-refractivity contribution in [1.29, 1.82) is 0 Å². The van der Waals surface area contributed by atoms with Gasteiger partial charge in [0.15, 0.2) is 6.29 Å². The molecule has 0 bridgehead atoms. The van der Waals surface area contributed by atoms with Crippen molar-refractivity contribution in [3.8, 4) is 0 Å². The predicted octanol–water partition coefficient (Wildman–Crippen LogP) is 6.48. The Labute approximate surface area is 225 Å². The Morgan fingerprint density at radius 1 is 1.27 bits per heavy atom. The first-order chi connectivity index (χ1) is 17.5. The smallest absolute Gasteiger partial charge is 0.291 e. The summed E-state index contributed by atoms with van der Waals surface area (Å²) < 4.78 is 35.5. The number of piperidine rings is 1. The Morgan fingerprint density at radius 2 is 1.95 bits per heavy atom. The summed E-state index contributed by atoms with van der Waals surface area (Å²) in [6.45, 7) is 6.02. The lowest BCUT2D eigenvalue weighted by atomic mass is 9.95. The zero-order valence-corrected chi connectivity index (χ0v) is 22.5. The van der Waals surface area contributed by atoms with Crippen LogP contribution in [0.5, 0.6) is 0 Å². The van der Waals surface area contributed by atoms with Crippen LogP contribution < -0.4 is 0 Å². The maximum Gasteiger partial charge on any atom is 0.291 e. The van der Waals surface area contributed by atoms with Crippen LogP contribution in [0.4, 0.5) is 8.78 Å². The van der Waals surface area contributed by atoms with E-state index < -0.39 is 12.2 Å². The highest BCUT2D eigenvalue weighted by atomic mass is 35.5. The molecule has 1 saturated heterocycles. The van der Waals surface area contributed by atoms with E-state index in [-0.39, 0.29) is 22.4 Å². The summed E-state index contributed by atoms with van der Waals surface area (Å²) >= 11 is 13.3. The molecule has 1 fully saturated rings. The number of carbonyl (C=O) groups excluding carboxylic acids is 1. The van der Waals surface area contributed by atoms with Crippen LogP contribution in [0.15, 0.2) is 43.0 Å². The lowest BCUT2D eigenvalue weighted by Crippen LogP contribution is -2.41. The number of methoxy groups -OCH3 is 1. The van der Waals surface area contributed by atoms with Crippen molar-refractivity contribution in [2.75, 3.05) is 20.2 Å². The molecule has 0 saturated carbocycles. The highest BCUT2D eigenvalue weighted by molar-refractivity contribution is 6.38. The number of aryl methyl sites for hydroxylation is 2. The minimum absolute atomic E-state index is 0.0211. The average Bonchev–Trinajstić information content (AvgIpc) is 3.21. The van der Waals surface area contributed by atoms with Crippen molar-refractivity contribution in [2.45, 2.75) is 38.4 Å².